The molecule has 0 radical (unpaired) electrons. The summed E-state index contributed by atoms with van der Waals surface area (Å²) in [6, 6.07) is 8.74. The molecule has 16 heavy (non-hydrogen) atoms. The van der Waals surface area contributed by atoms with Crippen molar-refractivity contribution in [2.24, 2.45) is 0 Å². The van der Waals surface area contributed by atoms with Gasteiger partial charge in [-0.15, -0.1) is 0 Å². The Bertz CT molecular complexity index is 314. The van der Waals surface area contributed by atoms with Crippen LogP contribution in [0.2, 0.25) is 0 Å². The number of aliphatic hydroxyl groups excluding tert-OH is 1. The quantitative estimate of drug-likeness (QED) is 0.844. The normalized spacial score (nSPS) is 19.6. The Labute approximate surface area is 97.9 Å². The second-order valence-corrected chi connectivity index (χ2v) is 4.71. The van der Waals surface area contributed by atoms with Gasteiger partial charge in [0, 0.05) is 0 Å². The van der Waals surface area contributed by atoms with Gasteiger partial charge in [-0.1, -0.05) is 36.2 Å². The van der Waals surface area contributed by atoms with Crippen molar-refractivity contribution in [1.29, 1.82) is 0 Å². The minimum atomic E-state index is 0.195. The molecule has 88 valence electrons. The van der Waals surface area contributed by atoms with E-state index in [4.69, 9.17) is 0 Å². The van der Waals surface area contributed by atoms with Gasteiger partial charge in [-0.05, 0) is 38.4 Å². The lowest BCUT2D eigenvalue weighted by molar-refractivity contribution is 0.104. The van der Waals surface area contributed by atoms with Crippen LogP contribution >= 0.6 is 0 Å². The average molecular weight is 219 g/mol. The molecule has 1 N–H and O–H groups in total. The zero-order valence-corrected chi connectivity index (χ0v) is 10.0. The van der Waals surface area contributed by atoms with Crippen LogP contribution in [0, 0.1) is 6.92 Å². The number of aryl methyl sites for hydroxylation is 1. The van der Waals surface area contributed by atoms with Crippen LogP contribution in [0.4, 0.5) is 0 Å². The van der Waals surface area contributed by atoms with Gasteiger partial charge < -0.3 is 5.11 Å². The first kappa shape index (κ1) is 11.6. The summed E-state index contributed by atoms with van der Waals surface area (Å²) in [5.41, 5.74) is 2.52. The number of likely N-dealkylation sites (tertiary alicyclic amines) is 1. The van der Waals surface area contributed by atoms with Crippen molar-refractivity contribution in [2.45, 2.75) is 32.2 Å². The minimum Gasteiger partial charge on any atom is -0.394 e. The molecule has 1 heterocycles. The van der Waals surface area contributed by atoms with Crippen LogP contribution in [0.5, 0.6) is 0 Å². The highest BCUT2D eigenvalue weighted by molar-refractivity contribution is 5.24. The Hall–Kier alpha value is -0.860. The van der Waals surface area contributed by atoms with Crippen molar-refractivity contribution < 1.29 is 5.11 Å². The molecule has 0 bridgehead atoms. The van der Waals surface area contributed by atoms with Gasteiger partial charge in [0.2, 0.25) is 0 Å². The molecule has 0 aliphatic carbocycles. The third-order valence-corrected chi connectivity index (χ3v) is 3.47. The van der Waals surface area contributed by atoms with Crippen molar-refractivity contribution in [1.82, 2.24) is 4.90 Å². The fourth-order valence-electron chi connectivity index (χ4n) is 2.45. The lowest BCUT2D eigenvalue weighted by Crippen LogP contribution is -2.35. The first-order chi connectivity index (χ1) is 7.81. The Balaban J connectivity index is 2.11. The van der Waals surface area contributed by atoms with E-state index in [1.165, 1.54) is 30.4 Å². The van der Waals surface area contributed by atoms with E-state index in [-0.39, 0.29) is 12.6 Å². The number of rotatable bonds is 3. The van der Waals surface area contributed by atoms with Crippen LogP contribution in [0.15, 0.2) is 24.3 Å². The Morgan fingerprint density at radius 3 is 2.31 bits per heavy atom. The van der Waals surface area contributed by atoms with Crippen LogP contribution < -0.4 is 0 Å². The van der Waals surface area contributed by atoms with Gasteiger partial charge in [-0.2, -0.15) is 0 Å². The third-order valence-electron chi connectivity index (χ3n) is 3.47. The average Bonchev–Trinajstić information content (AvgIpc) is 2.34. The summed E-state index contributed by atoms with van der Waals surface area (Å²) in [4.78, 5) is 2.41. The third kappa shape index (κ3) is 2.63. The van der Waals surface area contributed by atoms with E-state index in [2.05, 4.69) is 36.1 Å². The molecule has 0 aromatic heterocycles. The van der Waals surface area contributed by atoms with E-state index >= 15 is 0 Å². The molecule has 2 rings (SSSR count). The molecular weight excluding hydrogens is 198 g/mol. The molecule has 1 aliphatic rings. The molecule has 0 amide bonds. The van der Waals surface area contributed by atoms with Crippen LogP contribution in [0.3, 0.4) is 0 Å². The van der Waals surface area contributed by atoms with E-state index in [9.17, 15) is 5.11 Å². The SMILES string of the molecule is Cc1ccc(C(CO)N2CCCCC2)cc1. The molecule has 1 saturated heterocycles. The van der Waals surface area contributed by atoms with Crippen LogP contribution in [0.1, 0.15) is 36.4 Å². The van der Waals surface area contributed by atoms with Crippen LogP contribution in [0.25, 0.3) is 0 Å². The van der Waals surface area contributed by atoms with E-state index in [1.807, 2.05) is 0 Å². The summed E-state index contributed by atoms with van der Waals surface area (Å²) in [6.45, 7) is 4.57. The molecule has 1 aromatic carbocycles. The minimum absolute atomic E-state index is 0.195. The standard InChI is InChI=1S/C14H21NO/c1-12-5-7-13(8-6-12)14(11-16)15-9-3-2-4-10-15/h5-8,14,16H,2-4,9-11H2,1H3. The van der Waals surface area contributed by atoms with Gasteiger partial charge in [0.1, 0.15) is 0 Å². The fraction of sp³-hybridized carbons (Fsp3) is 0.571. The van der Waals surface area contributed by atoms with Crippen LogP contribution in [-0.2, 0) is 0 Å². The Morgan fingerprint density at radius 1 is 1.12 bits per heavy atom. The zero-order chi connectivity index (χ0) is 11.4. The highest BCUT2D eigenvalue weighted by atomic mass is 16.3. The van der Waals surface area contributed by atoms with Gasteiger partial charge in [0.25, 0.3) is 0 Å². The molecule has 0 spiro atoms. The Morgan fingerprint density at radius 2 is 1.75 bits per heavy atom. The summed E-state index contributed by atoms with van der Waals surface area (Å²) in [6.07, 6.45) is 3.87. The fourth-order valence-corrected chi connectivity index (χ4v) is 2.45. The molecule has 0 saturated carbocycles. The van der Waals surface area contributed by atoms with Crippen LogP contribution in [-0.4, -0.2) is 29.7 Å². The van der Waals surface area contributed by atoms with E-state index in [0.29, 0.717) is 0 Å². The van der Waals surface area contributed by atoms with Gasteiger partial charge >= 0.3 is 0 Å². The smallest absolute Gasteiger partial charge is 0.0628 e. The summed E-state index contributed by atoms with van der Waals surface area (Å²) < 4.78 is 0. The highest BCUT2D eigenvalue weighted by Crippen LogP contribution is 2.24. The molecule has 1 atom stereocenters. The first-order valence-electron chi connectivity index (χ1n) is 6.23. The predicted octanol–water partition coefficient (Wildman–Crippen LogP) is 2.51. The molecule has 1 fully saturated rings. The molecule has 1 aromatic rings. The van der Waals surface area contributed by atoms with Crippen molar-refractivity contribution in [3.8, 4) is 0 Å². The van der Waals surface area contributed by atoms with Crippen molar-refractivity contribution in [3.63, 3.8) is 0 Å². The summed E-state index contributed by atoms with van der Waals surface area (Å²) >= 11 is 0. The van der Waals surface area contributed by atoms with E-state index in [1.54, 1.807) is 0 Å². The number of benzene rings is 1. The molecule has 1 aliphatic heterocycles. The maximum Gasteiger partial charge on any atom is 0.0628 e. The summed E-state index contributed by atoms with van der Waals surface area (Å²) in [7, 11) is 0. The largest absolute Gasteiger partial charge is 0.394 e. The second kappa shape index (κ2) is 5.46. The van der Waals surface area contributed by atoms with E-state index < -0.39 is 0 Å². The molecule has 2 heteroatoms. The van der Waals surface area contributed by atoms with Gasteiger partial charge in [0.15, 0.2) is 0 Å². The van der Waals surface area contributed by atoms with Crippen molar-refractivity contribution >= 4 is 0 Å². The maximum absolute atomic E-state index is 9.56. The highest BCUT2D eigenvalue weighted by Gasteiger charge is 2.21. The number of aliphatic hydroxyl groups is 1. The molecule has 2 nitrogen and oxygen atoms in total. The number of nitrogens with zero attached hydrogens (tertiary/aromatic N) is 1. The van der Waals surface area contributed by atoms with Crippen molar-refractivity contribution in [3.05, 3.63) is 35.4 Å². The zero-order valence-electron chi connectivity index (χ0n) is 10.0. The lowest BCUT2D eigenvalue weighted by atomic mass is 10.0. The maximum atomic E-state index is 9.56. The first-order valence-corrected chi connectivity index (χ1v) is 6.23. The Kier molecular flexibility index (Phi) is 3.97. The number of piperidine rings is 1. The van der Waals surface area contributed by atoms with Gasteiger partial charge in [-0.25, -0.2) is 0 Å². The van der Waals surface area contributed by atoms with Crippen molar-refractivity contribution in [2.75, 3.05) is 19.7 Å². The van der Waals surface area contributed by atoms with Gasteiger partial charge in [0.05, 0.1) is 12.6 Å². The van der Waals surface area contributed by atoms with Gasteiger partial charge in [-0.3, -0.25) is 4.90 Å². The summed E-state index contributed by atoms with van der Waals surface area (Å²) in [5.74, 6) is 0. The lowest BCUT2D eigenvalue weighted by Gasteiger charge is -2.33. The summed E-state index contributed by atoms with van der Waals surface area (Å²) in [5, 5.41) is 9.56. The number of hydrogen-bond acceptors (Lipinski definition) is 2. The second-order valence-electron chi connectivity index (χ2n) is 4.71. The molecular formula is C14H21NO. The van der Waals surface area contributed by atoms with E-state index in [0.717, 1.165) is 13.1 Å². The topological polar surface area (TPSA) is 23.5 Å². The predicted molar refractivity (Wildman–Crippen MR) is 66.4 cm³/mol. The molecule has 1 unspecified atom stereocenters. The number of hydrogen-bond donors (Lipinski definition) is 1. The monoisotopic (exact) mass is 219 g/mol.